The van der Waals surface area contributed by atoms with Crippen molar-refractivity contribution in [2.75, 3.05) is 25.5 Å². The van der Waals surface area contributed by atoms with Crippen LogP contribution in [0.15, 0.2) is 0 Å². The van der Waals surface area contributed by atoms with E-state index in [1.165, 1.54) is 11.5 Å². The van der Waals surface area contributed by atoms with Gasteiger partial charge in [0.15, 0.2) is 0 Å². The van der Waals surface area contributed by atoms with Crippen molar-refractivity contribution in [2.45, 2.75) is 13.8 Å². The van der Waals surface area contributed by atoms with Gasteiger partial charge in [0.05, 0.1) is 12.2 Å². The molecule has 0 radical (unpaired) electrons. The van der Waals surface area contributed by atoms with Crippen molar-refractivity contribution in [1.29, 1.82) is 5.26 Å². The third-order valence-electron chi connectivity index (χ3n) is 2.27. The van der Waals surface area contributed by atoms with Crippen LogP contribution in [0.2, 0.25) is 0 Å². The number of nitrogens with zero attached hydrogens (tertiary/aromatic N) is 3. The van der Waals surface area contributed by atoms with Gasteiger partial charge in [-0.1, -0.05) is 0 Å². The average Bonchev–Trinajstić information content (AvgIpc) is 2.65. The van der Waals surface area contributed by atoms with Crippen LogP contribution in [-0.2, 0) is 4.79 Å². The van der Waals surface area contributed by atoms with E-state index in [4.69, 9.17) is 5.26 Å². The SMILES string of the molecule is CCN(C)C(=O)CNc1snc(C)c1C#N. The third kappa shape index (κ3) is 2.70. The van der Waals surface area contributed by atoms with Crippen LogP contribution >= 0.6 is 11.5 Å². The predicted octanol–water partition coefficient (Wildman–Crippen LogP) is 1.21. The lowest BCUT2D eigenvalue weighted by Gasteiger charge is -2.14. The first-order valence-corrected chi connectivity index (χ1v) is 5.71. The summed E-state index contributed by atoms with van der Waals surface area (Å²) < 4.78 is 4.06. The first-order chi connectivity index (χ1) is 7.60. The molecule has 0 spiro atoms. The molecule has 1 aromatic rings. The Labute approximate surface area is 98.9 Å². The molecular formula is C10H14N4OS. The molecule has 0 aromatic carbocycles. The number of hydrogen-bond acceptors (Lipinski definition) is 5. The van der Waals surface area contributed by atoms with E-state index in [1.807, 2.05) is 6.92 Å². The second kappa shape index (κ2) is 5.47. The normalized spacial score (nSPS) is 9.62. The molecule has 0 unspecified atom stereocenters. The summed E-state index contributed by atoms with van der Waals surface area (Å²) in [6, 6.07) is 2.07. The fourth-order valence-electron chi connectivity index (χ4n) is 1.09. The van der Waals surface area contributed by atoms with Gasteiger partial charge < -0.3 is 10.2 Å². The summed E-state index contributed by atoms with van der Waals surface area (Å²) in [4.78, 5) is 13.1. The molecule has 5 nitrogen and oxygen atoms in total. The molecule has 0 aliphatic carbocycles. The quantitative estimate of drug-likeness (QED) is 0.856. The van der Waals surface area contributed by atoms with E-state index >= 15 is 0 Å². The number of nitriles is 1. The number of aryl methyl sites for hydroxylation is 1. The van der Waals surface area contributed by atoms with Gasteiger partial charge in [-0.25, -0.2) is 0 Å². The lowest BCUT2D eigenvalue weighted by molar-refractivity contribution is -0.127. The lowest BCUT2D eigenvalue weighted by Crippen LogP contribution is -2.31. The summed E-state index contributed by atoms with van der Waals surface area (Å²) >= 11 is 1.21. The van der Waals surface area contributed by atoms with Crippen molar-refractivity contribution < 1.29 is 4.79 Å². The van der Waals surface area contributed by atoms with Gasteiger partial charge in [-0.3, -0.25) is 4.79 Å². The van der Waals surface area contributed by atoms with Crippen molar-refractivity contribution in [3.05, 3.63) is 11.3 Å². The first kappa shape index (κ1) is 12.5. The molecule has 16 heavy (non-hydrogen) atoms. The summed E-state index contributed by atoms with van der Waals surface area (Å²) in [5, 5.41) is 12.5. The molecule has 1 rings (SSSR count). The Hall–Kier alpha value is -1.61. The van der Waals surface area contributed by atoms with E-state index in [2.05, 4.69) is 15.8 Å². The molecule has 86 valence electrons. The fourth-order valence-corrected chi connectivity index (χ4v) is 1.83. The molecule has 1 aromatic heterocycles. The van der Waals surface area contributed by atoms with E-state index < -0.39 is 0 Å². The number of carbonyl (C=O) groups is 1. The maximum absolute atomic E-state index is 11.5. The monoisotopic (exact) mass is 238 g/mol. The molecule has 0 saturated carbocycles. The summed E-state index contributed by atoms with van der Waals surface area (Å²) in [5.41, 5.74) is 1.23. The van der Waals surface area contributed by atoms with Gasteiger partial charge >= 0.3 is 0 Å². The Morgan fingerprint density at radius 1 is 1.69 bits per heavy atom. The maximum atomic E-state index is 11.5. The standard InChI is InChI=1S/C10H14N4OS/c1-4-14(3)9(15)6-12-10-8(5-11)7(2)13-16-10/h12H,4,6H2,1-3H3. The van der Waals surface area contributed by atoms with E-state index in [-0.39, 0.29) is 12.5 Å². The van der Waals surface area contributed by atoms with Crippen molar-refractivity contribution in [2.24, 2.45) is 0 Å². The van der Waals surface area contributed by atoms with Crippen molar-refractivity contribution in [3.8, 4) is 6.07 Å². The zero-order valence-corrected chi connectivity index (χ0v) is 10.4. The highest BCUT2D eigenvalue weighted by Gasteiger charge is 2.12. The van der Waals surface area contributed by atoms with Crippen LogP contribution in [-0.4, -0.2) is 35.3 Å². The Bertz CT molecular complexity index is 421. The number of hydrogen-bond donors (Lipinski definition) is 1. The molecule has 0 aliphatic heterocycles. The molecular weight excluding hydrogens is 224 g/mol. The molecule has 6 heteroatoms. The van der Waals surface area contributed by atoms with E-state index in [0.717, 1.165) is 0 Å². The number of aromatic nitrogens is 1. The number of nitrogens with one attached hydrogen (secondary N) is 1. The van der Waals surface area contributed by atoms with Gasteiger partial charge in [0, 0.05) is 13.6 Å². The highest BCUT2D eigenvalue weighted by molar-refractivity contribution is 7.10. The van der Waals surface area contributed by atoms with Gasteiger partial charge in [0.1, 0.15) is 16.6 Å². The third-order valence-corrected chi connectivity index (χ3v) is 3.17. The van der Waals surface area contributed by atoms with Crippen LogP contribution in [0.1, 0.15) is 18.2 Å². The largest absolute Gasteiger partial charge is 0.366 e. The average molecular weight is 238 g/mol. The number of anilines is 1. The maximum Gasteiger partial charge on any atom is 0.241 e. The number of amides is 1. The Balaban J connectivity index is 2.62. The minimum atomic E-state index is -0.00237. The topological polar surface area (TPSA) is 69.0 Å². The second-order valence-corrected chi connectivity index (χ2v) is 4.12. The van der Waals surface area contributed by atoms with Gasteiger partial charge in [0.2, 0.25) is 5.91 Å². The van der Waals surface area contributed by atoms with E-state index in [0.29, 0.717) is 22.8 Å². The van der Waals surface area contributed by atoms with E-state index in [1.54, 1.807) is 18.9 Å². The number of carbonyl (C=O) groups excluding carboxylic acids is 1. The Kier molecular flexibility index (Phi) is 4.26. The van der Waals surface area contributed by atoms with Crippen LogP contribution in [0.4, 0.5) is 5.00 Å². The van der Waals surface area contributed by atoms with Crippen LogP contribution < -0.4 is 5.32 Å². The van der Waals surface area contributed by atoms with Gasteiger partial charge in [-0.05, 0) is 25.4 Å². The van der Waals surface area contributed by atoms with Crippen LogP contribution in [0, 0.1) is 18.3 Å². The summed E-state index contributed by atoms with van der Waals surface area (Å²) in [7, 11) is 1.74. The van der Waals surface area contributed by atoms with Crippen LogP contribution in [0.25, 0.3) is 0 Å². The molecule has 0 saturated heterocycles. The van der Waals surface area contributed by atoms with Gasteiger partial charge in [-0.15, -0.1) is 0 Å². The zero-order chi connectivity index (χ0) is 12.1. The first-order valence-electron chi connectivity index (χ1n) is 4.94. The van der Waals surface area contributed by atoms with Gasteiger partial charge in [-0.2, -0.15) is 9.64 Å². The minimum Gasteiger partial charge on any atom is -0.366 e. The minimum absolute atomic E-state index is 0.00237. The Morgan fingerprint density at radius 3 is 2.94 bits per heavy atom. The fraction of sp³-hybridized carbons (Fsp3) is 0.500. The summed E-state index contributed by atoms with van der Waals surface area (Å²) in [6.07, 6.45) is 0. The van der Waals surface area contributed by atoms with E-state index in [9.17, 15) is 4.79 Å². The van der Waals surface area contributed by atoms with Crippen LogP contribution in [0.5, 0.6) is 0 Å². The highest BCUT2D eigenvalue weighted by atomic mass is 32.1. The van der Waals surface area contributed by atoms with Crippen molar-refractivity contribution in [1.82, 2.24) is 9.27 Å². The number of likely N-dealkylation sites (N-methyl/N-ethyl adjacent to an activating group) is 1. The second-order valence-electron chi connectivity index (χ2n) is 3.35. The molecule has 1 heterocycles. The summed E-state index contributed by atoms with van der Waals surface area (Å²) in [5.74, 6) is -0.00237. The smallest absolute Gasteiger partial charge is 0.241 e. The molecule has 1 amide bonds. The lowest BCUT2D eigenvalue weighted by atomic mass is 10.3. The number of rotatable bonds is 4. The highest BCUT2D eigenvalue weighted by Crippen LogP contribution is 2.22. The molecule has 0 fully saturated rings. The molecule has 1 N–H and O–H groups in total. The van der Waals surface area contributed by atoms with Crippen molar-refractivity contribution >= 4 is 22.4 Å². The van der Waals surface area contributed by atoms with Crippen molar-refractivity contribution in [3.63, 3.8) is 0 Å². The Morgan fingerprint density at radius 2 is 2.38 bits per heavy atom. The molecule has 0 bridgehead atoms. The predicted molar refractivity (Wildman–Crippen MR) is 63.4 cm³/mol. The molecule has 0 atom stereocenters. The van der Waals surface area contributed by atoms with Crippen LogP contribution in [0.3, 0.4) is 0 Å². The van der Waals surface area contributed by atoms with Gasteiger partial charge in [0.25, 0.3) is 0 Å². The molecule has 0 aliphatic rings. The summed E-state index contributed by atoms with van der Waals surface area (Å²) in [6.45, 7) is 4.56. The zero-order valence-electron chi connectivity index (χ0n) is 9.57.